The van der Waals surface area contributed by atoms with Crippen molar-refractivity contribution in [1.29, 1.82) is 0 Å². The Hall–Kier alpha value is -4.02. The van der Waals surface area contributed by atoms with E-state index in [2.05, 4.69) is 16.0 Å². The zero-order chi connectivity index (χ0) is 24.2. The highest BCUT2D eigenvalue weighted by molar-refractivity contribution is 7.85. The number of amides is 4. The van der Waals surface area contributed by atoms with E-state index in [-0.39, 0.29) is 10.7 Å². The van der Waals surface area contributed by atoms with Crippen molar-refractivity contribution in [2.24, 2.45) is 0 Å². The molecule has 10 heteroatoms. The van der Waals surface area contributed by atoms with Gasteiger partial charge in [-0.2, -0.15) is 8.42 Å². The molecule has 33 heavy (non-hydrogen) atoms. The van der Waals surface area contributed by atoms with Crippen LogP contribution in [0.5, 0.6) is 0 Å². The minimum absolute atomic E-state index is 0.104. The molecule has 3 aromatic rings. The van der Waals surface area contributed by atoms with Gasteiger partial charge in [0.25, 0.3) is 10.1 Å². The molecule has 0 aromatic heterocycles. The zero-order valence-electron chi connectivity index (χ0n) is 17.7. The second kappa shape index (κ2) is 9.63. The molecule has 3 aromatic carbocycles. The van der Waals surface area contributed by atoms with Crippen LogP contribution in [0.4, 0.5) is 21.0 Å². The molecule has 0 bridgehead atoms. The third-order valence-corrected chi connectivity index (χ3v) is 5.56. The lowest BCUT2D eigenvalue weighted by Gasteiger charge is -2.11. The first kappa shape index (κ1) is 23.6. The van der Waals surface area contributed by atoms with Crippen LogP contribution in [0.3, 0.4) is 0 Å². The van der Waals surface area contributed by atoms with Crippen LogP contribution in [0.2, 0.25) is 0 Å². The van der Waals surface area contributed by atoms with E-state index in [4.69, 9.17) is 0 Å². The molecule has 4 amide bonds. The Balaban J connectivity index is 1.68. The van der Waals surface area contributed by atoms with Crippen molar-refractivity contribution >= 4 is 39.3 Å². The molecule has 0 heterocycles. The summed E-state index contributed by atoms with van der Waals surface area (Å²) in [6, 6.07) is 15.4. The van der Waals surface area contributed by atoms with Gasteiger partial charge in [-0.1, -0.05) is 18.2 Å². The van der Waals surface area contributed by atoms with Crippen LogP contribution in [-0.4, -0.2) is 30.8 Å². The molecule has 0 aliphatic rings. The summed E-state index contributed by atoms with van der Waals surface area (Å²) in [5, 5.41) is 7.16. The van der Waals surface area contributed by atoms with Crippen LogP contribution >= 0.6 is 0 Å². The number of anilines is 2. The lowest BCUT2D eigenvalue weighted by atomic mass is 10.0. The minimum atomic E-state index is -4.37. The predicted octanol–water partition coefficient (Wildman–Crippen LogP) is 4.46. The SMILES string of the molecule is CC(=O)c1ccc(NC(=O)NC(=O)Nc2cccc(-c3cc(S(=O)(=O)O)ccc3C)c2)cc1. The van der Waals surface area contributed by atoms with Gasteiger partial charge in [-0.15, -0.1) is 0 Å². The maximum absolute atomic E-state index is 12.2. The summed E-state index contributed by atoms with van der Waals surface area (Å²) in [4.78, 5) is 35.3. The van der Waals surface area contributed by atoms with E-state index in [9.17, 15) is 27.4 Å². The number of carbonyl (C=O) groups is 3. The van der Waals surface area contributed by atoms with Crippen molar-refractivity contribution in [2.75, 3.05) is 10.6 Å². The van der Waals surface area contributed by atoms with Crippen LogP contribution < -0.4 is 16.0 Å². The first-order valence-corrected chi connectivity index (χ1v) is 11.2. The average molecular weight is 468 g/mol. The Bertz CT molecular complexity index is 1330. The normalized spacial score (nSPS) is 10.9. The van der Waals surface area contributed by atoms with Crippen LogP contribution in [0, 0.1) is 6.92 Å². The molecular weight excluding hydrogens is 446 g/mol. The highest BCUT2D eigenvalue weighted by Crippen LogP contribution is 2.28. The molecule has 0 radical (unpaired) electrons. The first-order valence-electron chi connectivity index (χ1n) is 9.71. The number of urea groups is 2. The smallest absolute Gasteiger partial charge is 0.308 e. The molecule has 9 nitrogen and oxygen atoms in total. The fourth-order valence-corrected chi connectivity index (χ4v) is 3.56. The van der Waals surface area contributed by atoms with Crippen molar-refractivity contribution in [3.05, 3.63) is 77.9 Å². The summed E-state index contributed by atoms with van der Waals surface area (Å²) in [7, 11) is -4.37. The predicted molar refractivity (Wildman–Crippen MR) is 124 cm³/mol. The molecular formula is C23H21N3O6S. The average Bonchev–Trinajstić information content (AvgIpc) is 2.73. The standard InChI is InChI=1S/C23H21N3O6S/c1-14-6-11-20(33(30,31)32)13-21(14)17-4-3-5-19(12-17)25-23(29)26-22(28)24-18-9-7-16(8-10-18)15(2)27/h3-13H,1-2H3,(H,30,31,32)(H3,24,25,26,28,29). The van der Waals surface area contributed by atoms with E-state index in [1.54, 1.807) is 61.5 Å². The van der Waals surface area contributed by atoms with Gasteiger partial charge in [-0.3, -0.25) is 14.7 Å². The fraction of sp³-hybridized carbons (Fsp3) is 0.0870. The van der Waals surface area contributed by atoms with E-state index in [0.29, 0.717) is 28.1 Å². The molecule has 170 valence electrons. The molecule has 0 spiro atoms. The summed E-state index contributed by atoms with van der Waals surface area (Å²) < 4.78 is 32.2. The zero-order valence-corrected chi connectivity index (χ0v) is 18.6. The minimum Gasteiger partial charge on any atom is -0.308 e. The largest absolute Gasteiger partial charge is 0.327 e. The van der Waals surface area contributed by atoms with Crippen molar-refractivity contribution in [1.82, 2.24) is 5.32 Å². The van der Waals surface area contributed by atoms with E-state index in [1.165, 1.54) is 19.1 Å². The van der Waals surface area contributed by atoms with Crippen molar-refractivity contribution in [3.8, 4) is 11.1 Å². The van der Waals surface area contributed by atoms with Crippen molar-refractivity contribution in [2.45, 2.75) is 18.7 Å². The number of rotatable bonds is 5. The number of imide groups is 1. The second-order valence-electron chi connectivity index (χ2n) is 7.20. The summed E-state index contributed by atoms with van der Waals surface area (Å²) >= 11 is 0. The van der Waals surface area contributed by atoms with Crippen molar-refractivity contribution < 1.29 is 27.4 Å². The van der Waals surface area contributed by atoms with Crippen LogP contribution in [-0.2, 0) is 10.1 Å². The van der Waals surface area contributed by atoms with Gasteiger partial charge in [-0.25, -0.2) is 9.59 Å². The van der Waals surface area contributed by atoms with Crippen LogP contribution in [0.1, 0.15) is 22.8 Å². The molecule has 0 aliphatic carbocycles. The van der Waals surface area contributed by atoms with Gasteiger partial charge in [0.05, 0.1) is 4.90 Å². The number of aryl methyl sites for hydroxylation is 1. The molecule has 0 fully saturated rings. The Labute approximate surface area is 190 Å². The van der Waals surface area contributed by atoms with Gasteiger partial charge in [0, 0.05) is 16.9 Å². The molecule has 0 saturated carbocycles. The molecule has 3 rings (SSSR count). The molecule has 0 atom stereocenters. The molecule has 0 saturated heterocycles. The van der Waals surface area contributed by atoms with Crippen LogP contribution in [0.15, 0.2) is 71.6 Å². The lowest BCUT2D eigenvalue weighted by Crippen LogP contribution is -2.37. The Morgan fingerprint density at radius 2 is 1.45 bits per heavy atom. The maximum Gasteiger partial charge on any atom is 0.327 e. The quantitative estimate of drug-likeness (QED) is 0.322. The third-order valence-electron chi connectivity index (χ3n) is 4.71. The topological polar surface area (TPSA) is 142 Å². The van der Waals surface area contributed by atoms with E-state index in [1.807, 2.05) is 0 Å². The van der Waals surface area contributed by atoms with Gasteiger partial charge in [0.1, 0.15) is 0 Å². The Morgan fingerprint density at radius 1 is 0.818 bits per heavy atom. The Morgan fingerprint density at radius 3 is 2.06 bits per heavy atom. The number of nitrogens with one attached hydrogen (secondary N) is 3. The second-order valence-corrected chi connectivity index (χ2v) is 8.62. The fourth-order valence-electron chi connectivity index (χ4n) is 3.05. The lowest BCUT2D eigenvalue weighted by molar-refractivity contribution is 0.101. The number of benzene rings is 3. The van der Waals surface area contributed by atoms with E-state index >= 15 is 0 Å². The van der Waals surface area contributed by atoms with Gasteiger partial charge >= 0.3 is 12.1 Å². The summed E-state index contributed by atoms with van der Waals surface area (Å²) in [5.41, 5.74) is 3.18. The summed E-state index contributed by atoms with van der Waals surface area (Å²) in [6.07, 6.45) is 0. The van der Waals surface area contributed by atoms with E-state index < -0.39 is 22.2 Å². The number of hydrogen-bond donors (Lipinski definition) is 4. The highest BCUT2D eigenvalue weighted by Gasteiger charge is 2.14. The summed E-state index contributed by atoms with van der Waals surface area (Å²) in [5.74, 6) is -0.104. The molecule has 0 aliphatic heterocycles. The highest BCUT2D eigenvalue weighted by atomic mass is 32.2. The summed E-state index contributed by atoms with van der Waals surface area (Å²) in [6.45, 7) is 3.21. The Kier molecular flexibility index (Phi) is 6.90. The first-order chi connectivity index (χ1) is 15.5. The number of carbonyl (C=O) groups excluding carboxylic acids is 3. The number of Topliss-reactive ketones (excluding diaryl/α,β-unsaturated/α-hetero) is 1. The van der Waals surface area contributed by atoms with Gasteiger partial charge in [0.2, 0.25) is 0 Å². The molecule has 0 unspecified atom stereocenters. The van der Waals surface area contributed by atoms with Crippen molar-refractivity contribution in [3.63, 3.8) is 0 Å². The molecule has 4 N–H and O–H groups in total. The van der Waals surface area contributed by atoms with Gasteiger partial charge < -0.3 is 10.6 Å². The van der Waals surface area contributed by atoms with Gasteiger partial charge in [-0.05, 0) is 79.1 Å². The van der Waals surface area contributed by atoms with Gasteiger partial charge in [0.15, 0.2) is 5.78 Å². The third kappa shape index (κ3) is 6.25. The van der Waals surface area contributed by atoms with Crippen LogP contribution in [0.25, 0.3) is 11.1 Å². The van der Waals surface area contributed by atoms with E-state index in [0.717, 1.165) is 5.56 Å². The maximum atomic E-state index is 12.2. The monoisotopic (exact) mass is 467 g/mol. The number of hydrogen-bond acceptors (Lipinski definition) is 5. The number of ketones is 1.